The van der Waals surface area contributed by atoms with E-state index in [1.807, 2.05) is 18.2 Å². The minimum atomic E-state index is 0.899. The maximum atomic E-state index is 4.96. The van der Waals surface area contributed by atoms with E-state index in [1.54, 1.807) is 12.4 Å². The summed E-state index contributed by atoms with van der Waals surface area (Å²) >= 11 is 0. The van der Waals surface area contributed by atoms with Crippen LogP contribution in [0.4, 0.5) is 0 Å². The Labute approximate surface area is 196 Å². The highest BCUT2D eigenvalue weighted by Crippen LogP contribution is 2.37. The molecule has 0 aliphatic heterocycles. The number of para-hydroxylation sites is 2. The Morgan fingerprint density at radius 3 is 2.21 bits per heavy atom. The summed E-state index contributed by atoms with van der Waals surface area (Å²) in [5.41, 5.74) is 6.71. The van der Waals surface area contributed by atoms with Gasteiger partial charge in [0, 0.05) is 46.0 Å². The van der Waals surface area contributed by atoms with Gasteiger partial charge in [0.2, 0.25) is 0 Å². The van der Waals surface area contributed by atoms with Gasteiger partial charge in [-0.2, -0.15) is 0 Å². The number of rotatable bonds is 3. The lowest BCUT2D eigenvalue weighted by Gasteiger charge is -2.09. The highest BCUT2D eigenvalue weighted by Gasteiger charge is 2.16. The summed E-state index contributed by atoms with van der Waals surface area (Å²) in [5.74, 6) is 0.899. The van der Waals surface area contributed by atoms with Crippen LogP contribution in [0, 0.1) is 0 Å². The lowest BCUT2D eigenvalue weighted by molar-refractivity contribution is 1.05. The van der Waals surface area contributed by atoms with Crippen LogP contribution in [0.2, 0.25) is 0 Å². The first-order valence-electron chi connectivity index (χ1n) is 11.3. The van der Waals surface area contributed by atoms with Crippen molar-refractivity contribution in [3.05, 3.63) is 122 Å². The summed E-state index contributed by atoms with van der Waals surface area (Å²) in [7, 11) is 0. The van der Waals surface area contributed by atoms with Crippen LogP contribution in [-0.2, 0) is 0 Å². The van der Waals surface area contributed by atoms with E-state index in [2.05, 4.69) is 105 Å². The van der Waals surface area contributed by atoms with Crippen molar-refractivity contribution in [3.8, 4) is 22.8 Å². The Balaban J connectivity index is 1.49. The molecule has 7 rings (SSSR count). The first-order valence-corrected chi connectivity index (χ1v) is 11.3. The average Bonchev–Trinajstić information content (AvgIpc) is 3.49. The zero-order valence-corrected chi connectivity index (χ0v) is 18.3. The van der Waals surface area contributed by atoms with Gasteiger partial charge < -0.3 is 9.13 Å². The molecule has 4 heteroatoms. The minimum Gasteiger partial charge on any atom is -0.309 e. The topological polar surface area (TPSA) is 35.6 Å². The van der Waals surface area contributed by atoms with E-state index in [0.717, 1.165) is 22.6 Å². The van der Waals surface area contributed by atoms with E-state index in [0.29, 0.717) is 0 Å². The fourth-order valence-electron chi connectivity index (χ4n) is 4.98. The molecular formula is C30H20N4. The number of hydrogen-bond acceptors (Lipinski definition) is 2. The van der Waals surface area contributed by atoms with Crippen molar-refractivity contribution < 1.29 is 0 Å². The van der Waals surface area contributed by atoms with Gasteiger partial charge >= 0.3 is 0 Å². The lowest BCUT2D eigenvalue weighted by Crippen LogP contribution is -1.97. The molecule has 0 spiro atoms. The second-order valence-corrected chi connectivity index (χ2v) is 8.38. The average molecular weight is 437 g/mol. The van der Waals surface area contributed by atoms with Gasteiger partial charge in [-0.15, -0.1) is 0 Å². The van der Waals surface area contributed by atoms with Gasteiger partial charge in [0.25, 0.3) is 0 Å². The maximum Gasteiger partial charge on any atom is 0.137 e. The quantitative estimate of drug-likeness (QED) is 0.294. The maximum absolute atomic E-state index is 4.96. The summed E-state index contributed by atoms with van der Waals surface area (Å²) < 4.78 is 4.53. The molecule has 0 radical (unpaired) electrons. The molecule has 0 atom stereocenters. The molecule has 160 valence electrons. The van der Waals surface area contributed by atoms with Crippen molar-refractivity contribution in [2.45, 2.75) is 0 Å². The summed E-state index contributed by atoms with van der Waals surface area (Å²) in [6.45, 7) is 0. The van der Waals surface area contributed by atoms with Crippen molar-refractivity contribution in [2.24, 2.45) is 0 Å². The van der Waals surface area contributed by atoms with Crippen molar-refractivity contribution in [1.82, 2.24) is 19.1 Å². The van der Waals surface area contributed by atoms with Gasteiger partial charge in [-0.1, -0.05) is 42.5 Å². The van der Waals surface area contributed by atoms with Crippen molar-refractivity contribution in [3.63, 3.8) is 0 Å². The van der Waals surface area contributed by atoms with Crippen LogP contribution in [0.25, 0.3) is 55.5 Å². The lowest BCUT2D eigenvalue weighted by atomic mass is 10.1. The van der Waals surface area contributed by atoms with E-state index in [-0.39, 0.29) is 0 Å². The SMILES string of the molecule is c1ccc(-n2c3ccccc3c3c4ccn(-c5cccc(-c6ccncc6)n5)c4ccc32)cc1. The molecular weight excluding hydrogens is 416 g/mol. The molecule has 0 saturated carbocycles. The third kappa shape index (κ3) is 2.79. The molecule has 0 unspecified atom stereocenters. The zero-order valence-electron chi connectivity index (χ0n) is 18.3. The Morgan fingerprint density at radius 2 is 1.32 bits per heavy atom. The monoisotopic (exact) mass is 436 g/mol. The zero-order chi connectivity index (χ0) is 22.5. The molecule has 4 heterocycles. The predicted molar refractivity (Wildman–Crippen MR) is 139 cm³/mol. The summed E-state index contributed by atoms with van der Waals surface area (Å²) in [5, 5.41) is 3.74. The van der Waals surface area contributed by atoms with Gasteiger partial charge in [-0.05, 0) is 60.7 Å². The van der Waals surface area contributed by atoms with E-state index in [9.17, 15) is 0 Å². The first kappa shape index (κ1) is 18.8. The van der Waals surface area contributed by atoms with E-state index in [4.69, 9.17) is 4.98 Å². The molecule has 3 aromatic carbocycles. The van der Waals surface area contributed by atoms with Gasteiger partial charge in [0.1, 0.15) is 5.82 Å². The Kier molecular flexibility index (Phi) is 4.11. The van der Waals surface area contributed by atoms with Crippen LogP contribution < -0.4 is 0 Å². The Hall–Kier alpha value is -4.70. The van der Waals surface area contributed by atoms with Crippen LogP contribution in [0.15, 0.2) is 122 Å². The van der Waals surface area contributed by atoms with Crippen molar-refractivity contribution in [1.29, 1.82) is 0 Å². The number of nitrogens with zero attached hydrogens (tertiary/aromatic N) is 4. The van der Waals surface area contributed by atoms with Gasteiger partial charge in [0.05, 0.1) is 22.2 Å². The largest absolute Gasteiger partial charge is 0.309 e. The highest BCUT2D eigenvalue weighted by atomic mass is 15.1. The first-order chi connectivity index (χ1) is 16.9. The molecule has 7 aromatic rings. The van der Waals surface area contributed by atoms with Gasteiger partial charge in [-0.25, -0.2) is 4.98 Å². The van der Waals surface area contributed by atoms with Crippen molar-refractivity contribution >= 4 is 32.7 Å². The number of benzene rings is 3. The fourth-order valence-corrected chi connectivity index (χ4v) is 4.98. The van der Waals surface area contributed by atoms with Crippen LogP contribution in [0.3, 0.4) is 0 Å². The minimum absolute atomic E-state index is 0.899. The van der Waals surface area contributed by atoms with Gasteiger partial charge in [-0.3, -0.25) is 4.98 Å². The second kappa shape index (κ2) is 7.42. The van der Waals surface area contributed by atoms with E-state index < -0.39 is 0 Å². The molecule has 0 fully saturated rings. The Morgan fingerprint density at radius 1 is 0.559 bits per heavy atom. The van der Waals surface area contributed by atoms with Crippen LogP contribution >= 0.6 is 0 Å². The smallest absolute Gasteiger partial charge is 0.137 e. The molecule has 4 aromatic heterocycles. The molecule has 4 nitrogen and oxygen atoms in total. The number of pyridine rings is 2. The van der Waals surface area contributed by atoms with E-state index >= 15 is 0 Å². The van der Waals surface area contributed by atoms with Crippen LogP contribution in [0.1, 0.15) is 0 Å². The van der Waals surface area contributed by atoms with Crippen molar-refractivity contribution in [2.75, 3.05) is 0 Å². The number of aromatic nitrogens is 4. The third-order valence-electron chi connectivity index (χ3n) is 6.48. The number of fused-ring (bicyclic) bond motifs is 5. The fraction of sp³-hybridized carbons (Fsp3) is 0. The standard InChI is InChI=1S/C30H20N4/c1-2-7-22(8-3-1)34-27-11-5-4-9-23(27)30-24-17-20-33(26(24)13-14-28(30)34)29-12-6-10-25(32-29)21-15-18-31-19-16-21/h1-20H. The molecule has 0 bridgehead atoms. The number of hydrogen-bond donors (Lipinski definition) is 0. The van der Waals surface area contributed by atoms with Gasteiger partial charge in [0.15, 0.2) is 0 Å². The molecule has 0 aliphatic rings. The highest BCUT2D eigenvalue weighted by molar-refractivity contribution is 6.21. The summed E-state index contributed by atoms with van der Waals surface area (Å²) in [6.07, 6.45) is 5.72. The van der Waals surface area contributed by atoms with Crippen LogP contribution in [-0.4, -0.2) is 19.1 Å². The summed E-state index contributed by atoms with van der Waals surface area (Å²) in [6, 6.07) is 36.0. The normalized spacial score (nSPS) is 11.5. The molecule has 0 N–H and O–H groups in total. The predicted octanol–water partition coefficient (Wildman–Crippen LogP) is 7.18. The molecule has 0 amide bonds. The third-order valence-corrected chi connectivity index (χ3v) is 6.48. The Bertz CT molecular complexity index is 1790. The van der Waals surface area contributed by atoms with Crippen LogP contribution in [0.5, 0.6) is 0 Å². The molecule has 0 aliphatic carbocycles. The molecule has 34 heavy (non-hydrogen) atoms. The second-order valence-electron chi connectivity index (χ2n) is 8.38. The summed E-state index contributed by atoms with van der Waals surface area (Å²) in [4.78, 5) is 9.09. The molecule has 0 saturated heterocycles. The van der Waals surface area contributed by atoms with E-state index in [1.165, 1.54) is 32.9 Å².